The highest BCUT2D eigenvalue weighted by Gasteiger charge is 2.30. The number of benzene rings is 1. The Morgan fingerprint density at radius 3 is 2.25 bits per heavy atom. The van der Waals surface area contributed by atoms with E-state index in [0.29, 0.717) is 11.5 Å². The molecule has 2 heteroatoms. The van der Waals surface area contributed by atoms with E-state index in [1.807, 2.05) is 31.2 Å². The van der Waals surface area contributed by atoms with Gasteiger partial charge in [0.25, 0.3) is 5.91 Å². The Kier molecular flexibility index (Phi) is 4.52. The van der Waals surface area contributed by atoms with Crippen LogP contribution in [0.2, 0.25) is 0 Å². The molecule has 1 amide bonds. The zero-order valence-electron chi connectivity index (χ0n) is 13.2. The van der Waals surface area contributed by atoms with Crippen molar-refractivity contribution in [2.24, 2.45) is 11.3 Å². The summed E-state index contributed by atoms with van der Waals surface area (Å²) < 4.78 is 0. The number of rotatable bonds is 2. The molecule has 0 spiro atoms. The third-order valence-electron chi connectivity index (χ3n) is 4.68. The molecule has 2 rings (SSSR count). The second-order valence-corrected chi connectivity index (χ2v) is 7.20. The molecule has 20 heavy (non-hydrogen) atoms. The van der Waals surface area contributed by atoms with Crippen molar-refractivity contribution in [2.45, 2.75) is 59.4 Å². The molecule has 1 N–H and O–H groups in total. The predicted octanol–water partition coefficient (Wildman–Crippen LogP) is 4.33. The molecule has 110 valence electrons. The summed E-state index contributed by atoms with van der Waals surface area (Å²) in [5, 5.41) is 3.21. The Hall–Kier alpha value is -1.31. The van der Waals surface area contributed by atoms with Gasteiger partial charge in [-0.05, 0) is 55.6 Å². The minimum absolute atomic E-state index is 0.0855. The van der Waals surface area contributed by atoms with Crippen molar-refractivity contribution in [3.8, 4) is 0 Å². The van der Waals surface area contributed by atoms with Gasteiger partial charge >= 0.3 is 0 Å². The fourth-order valence-electron chi connectivity index (χ4n) is 3.19. The van der Waals surface area contributed by atoms with Crippen LogP contribution in [-0.2, 0) is 0 Å². The van der Waals surface area contributed by atoms with Crippen molar-refractivity contribution in [2.75, 3.05) is 0 Å². The van der Waals surface area contributed by atoms with Crippen LogP contribution in [0.5, 0.6) is 0 Å². The zero-order valence-corrected chi connectivity index (χ0v) is 13.2. The van der Waals surface area contributed by atoms with Crippen LogP contribution in [-0.4, -0.2) is 11.9 Å². The first-order valence-corrected chi connectivity index (χ1v) is 7.74. The normalized spacial score (nSPS) is 23.4. The Balaban J connectivity index is 1.90. The largest absolute Gasteiger partial charge is 0.349 e. The van der Waals surface area contributed by atoms with Gasteiger partial charge in [-0.3, -0.25) is 4.79 Å². The highest BCUT2D eigenvalue weighted by Crippen LogP contribution is 2.37. The van der Waals surface area contributed by atoms with Gasteiger partial charge in [-0.1, -0.05) is 39.0 Å². The first kappa shape index (κ1) is 15.1. The van der Waals surface area contributed by atoms with Crippen molar-refractivity contribution in [1.29, 1.82) is 0 Å². The Bertz CT molecular complexity index is 465. The summed E-state index contributed by atoms with van der Waals surface area (Å²) >= 11 is 0. The fourth-order valence-corrected chi connectivity index (χ4v) is 3.19. The number of carbonyl (C=O) groups excluding carboxylic acids is 1. The molecule has 1 fully saturated rings. The first-order valence-electron chi connectivity index (χ1n) is 7.74. The summed E-state index contributed by atoms with van der Waals surface area (Å²) in [7, 11) is 0. The maximum absolute atomic E-state index is 12.3. The molecule has 0 unspecified atom stereocenters. The number of hydrogen-bond donors (Lipinski definition) is 1. The highest BCUT2D eigenvalue weighted by molar-refractivity contribution is 5.95. The maximum Gasteiger partial charge on any atom is 0.251 e. The van der Waals surface area contributed by atoms with Gasteiger partial charge < -0.3 is 5.32 Å². The van der Waals surface area contributed by atoms with E-state index in [0.717, 1.165) is 29.9 Å². The second-order valence-electron chi connectivity index (χ2n) is 7.20. The summed E-state index contributed by atoms with van der Waals surface area (Å²) in [5.74, 6) is 0.872. The van der Waals surface area contributed by atoms with E-state index in [9.17, 15) is 4.79 Å². The molecule has 1 aliphatic carbocycles. The van der Waals surface area contributed by atoms with E-state index in [1.54, 1.807) is 0 Å². The molecule has 0 saturated heterocycles. The quantitative estimate of drug-likeness (QED) is 0.853. The zero-order chi connectivity index (χ0) is 14.8. The average molecular weight is 273 g/mol. The lowest BCUT2D eigenvalue weighted by atomic mass is 9.71. The summed E-state index contributed by atoms with van der Waals surface area (Å²) in [5.41, 5.74) is 2.25. The first-order chi connectivity index (χ1) is 9.38. The summed E-state index contributed by atoms with van der Waals surface area (Å²) in [6, 6.07) is 8.15. The third-order valence-corrected chi connectivity index (χ3v) is 4.68. The molecular formula is C18H27NO. The second kappa shape index (κ2) is 5.99. The van der Waals surface area contributed by atoms with Crippen LogP contribution in [0.25, 0.3) is 0 Å². The predicted molar refractivity (Wildman–Crippen MR) is 83.8 cm³/mol. The van der Waals surface area contributed by atoms with Crippen molar-refractivity contribution in [1.82, 2.24) is 5.32 Å². The molecule has 1 saturated carbocycles. The Morgan fingerprint density at radius 2 is 1.70 bits per heavy atom. The molecule has 2 nitrogen and oxygen atoms in total. The highest BCUT2D eigenvalue weighted by atomic mass is 16.1. The lowest BCUT2D eigenvalue weighted by molar-refractivity contribution is 0.0903. The molecule has 1 aliphatic rings. The topological polar surface area (TPSA) is 29.1 Å². The van der Waals surface area contributed by atoms with E-state index >= 15 is 0 Å². The molecule has 1 aromatic rings. The SMILES string of the molecule is Cc1ccccc1C(=O)NC1CCC(C(C)(C)C)CC1. The van der Waals surface area contributed by atoms with Crippen LogP contribution < -0.4 is 5.32 Å². The van der Waals surface area contributed by atoms with E-state index in [4.69, 9.17) is 0 Å². The summed E-state index contributed by atoms with van der Waals surface area (Å²) in [4.78, 5) is 12.3. The van der Waals surface area contributed by atoms with Crippen LogP contribution >= 0.6 is 0 Å². The standard InChI is InChI=1S/C18H27NO/c1-13-7-5-6-8-16(13)17(20)19-15-11-9-14(10-12-15)18(2,3)4/h5-8,14-15H,9-12H2,1-4H3,(H,19,20). The molecular weight excluding hydrogens is 246 g/mol. The van der Waals surface area contributed by atoms with Crippen LogP contribution in [0.15, 0.2) is 24.3 Å². The Labute approximate surface area is 123 Å². The van der Waals surface area contributed by atoms with Gasteiger partial charge in [0.15, 0.2) is 0 Å². The van der Waals surface area contributed by atoms with Crippen molar-refractivity contribution < 1.29 is 4.79 Å². The fraction of sp³-hybridized carbons (Fsp3) is 0.611. The molecule has 1 aromatic carbocycles. The minimum Gasteiger partial charge on any atom is -0.349 e. The molecule has 0 aliphatic heterocycles. The van der Waals surface area contributed by atoms with Gasteiger partial charge in [0.2, 0.25) is 0 Å². The van der Waals surface area contributed by atoms with Gasteiger partial charge in [-0.25, -0.2) is 0 Å². The lowest BCUT2D eigenvalue weighted by Gasteiger charge is -2.37. The van der Waals surface area contributed by atoms with Crippen molar-refractivity contribution in [3.63, 3.8) is 0 Å². The van der Waals surface area contributed by atoms with Crippen LogP contribution in [0.4, 0.5) is 0 Å². The average Bonchev–Trinajstić information content (AvgIpc) is 2.38. The van der Waals surface area contributed by atoms with Crippen molar-refractivity contribution in [3.05, 3.63) is 35.4 Å². The molecule has 0 atom stereocenters. The van der Waals surface area contributed by atoms with Crippen LogP contribution in [0, 0.1) is 18.3 Å². The number of aryl methyl sites for hydroxylation is 1. The van der Waals surface area contributed by atoms with E-state index in [-0.39, 0.29) is 5.91 Å². The van der Waals surface area contributed by atoms with E-state index in [2.05, 4.69) is 26.1 Å². The lowest BCUT2D eigenvalue weighted by Crippen LogP contribution is -2.39. The molecule has 0 heterocycles. The molecule has 0 aromatic heterocycles. The number of carbonyl (C=O) groups is 1. The summed E-state index contributed by atoms with van der Waals surface area (Å²) in [6.07, 6.45) is 4.67. The van der Waals surface area contributed by atoms with Crippen LogP contribution in [0.3, 0.4) is 0 Å². The minimum atomic E-state index is 0.0855. The van der Waals surface area contributed by atoms with Gasteiger partial charge in [0.1, 0.15) is 0 Å². The number of hydrogen-bond acceptors (Lipinski definition) is 1. The van der Waals surface area contributed by atoms with E-state index < -0.39 is 0 Å². The van der Waals surface area contributed by atoms with Gasteiger partial charge in [0.05, 0.1) is 0 Å². The van der Waals surface area contributed by atoms with E-state index in [1.165, 1.54) is 12.8 Å². The number of amides is 1. The van der Waals surface area contributed by atoms with Crippen molar-refractivity contribution >= 4 is 5.91 Å². The van der Waals surface area contributed by atoms with Gasteiger partial charge in [-0.2, -0.15) is 0 Å². The van der Waals surface area contributed by atoms with Crippen LogP contribution in [0.1, 0.15) is 62.4 Å². The summed E-state index contributed by atoms with van der Waals surface area (Å²) in [6.45, 7) is 8.96. The monoisotopic (exact) mass is 273 g/mol. The van der Waals surface area contributed by atoms with Gasteiger partial charge in [0, 0.05) is 11.6 Å². The van der Waals surface area contributed by atoms with Gasteiger partial charge in [-0.15, -0.1) is 0 Å². The maximum atomic E-state index is 12.3. The smallest absolute Gasteiger partial charge is 0.251 e. The third kappa shape index (κ3) is 3.62. The molecule has 0 radical (unpaired) electrons. The number of nitrogens with one attached hydrogen (secondary N) is 1. The Morgan fingerprint density at radius 1 is 1.10 bits per heavy atom. The molecule has 0 bridgehead atoms.